The van der Waals surface area contributed by atoms with Crippen molar-refractivity contribution in [3.05, 3.63) is 34.5 Å². The highest BCUT2D eigenvalue weighted by molar-refractivity contribution is 7.17. The lowest BCUT2D eigenvalue weighted by atomic mass is 10.1. The van der Waals surface area contributed by atoms with Gasteiger partial charge in [0.2, 0.25) is 0 Å². The number of hydrogen-bond acceptors (Lipinski definition) is 1. The van der Waals surface area contributed by atoms with Crippen LogP contribution in [0.1, 0.15) is 17.6 Å². The second-order valence-corrected chi connectivity index (χ2v) is 3.95. The zero-order valence-corrected chi connectivity index (χ0v) is 8.17. The highest BCUT2D eigenvalue weighted by Gasteiger charge is 2.16. The summed E-state index contributed by atoms with van der Waals surface area (Å²) in [6.45, 7) is 1.60. The molecule has 1 aromatic heterocycles. The molecule has 0 aliphatic heterocycles. The summed E-state index contributed by atoms with van der Waals surface area (Å²) in [5.74, 6) is -0.564. The number of rotatable bonds is 1. The van der Waals surface area contributed by atoms with Crippen LogP contribution >= 0.6 is 11.3 Å². The summed E-state index contributed by atoms with van der Waals surface area (Å²) in [6, 6.07) is 2.60. The Morgan fingerprint density at radius 2 is 2.07 bits per heavy atom. The van der Waals surface area contributed by atoms with Crippen molar-refractivity contribution in [2.75, 3.05) is 0 Å². The van der Waals surface area contributed by atoms with E-state index in [0.29, 0.717) is 15.6 Å². The van der Waals surface area contributed by atoms with Gasteiger partial charge in [-0.25, -0.2) is 13.2 Å². The molecule has 74 valence electrons. The molecule has 0 unspecified atom stereocenters. The molecule has 0 spiro atoms. The number of halogens is 3. The highest BCUT2D eigenvalue weighted by atomic mass is 32.1. The maximum Gasteiger partial charge on any atom is 0.265 e. The van der Waals surface area contributed by atoms with Gasteiger partial charge < -0.3 is 0 Å². The van der Waals surface area contributed by atoms with Crippen LogP contribution in [0.2, 0.25) is 0 Å². The molecule has 0 aliphatic carbocycles. The molecule has 1 heterocycles. The Kier molecular flexibility index (Phi) is 2.23. The van der Waals surface area contributed by atoms with E-state index in [1.165, 1.54) is 11.3 Å². The fourth-order valence-electron chi connectivity index (χ4n) is 1.43. The summed E-state index contributed by atoms with van der Waals surface area (Å²) < 4.78 is 38.8. The van der Waals surface area contributed by atoms with Gasteiger partial charge in [-0.3, -0.25) is 0 Å². The van der Waals surface area contributed by atoms with E-state index in [-0.39, 0.29) is 5.56 Å². The minimum absolute atomic E-state index is 0.210. The Hall–Kier alpha value is -1.03. The molecule has 0 radical (unpaired) electrons. The van der Waals surface area contributed by atoms with Crippen molar-refractivity contribution in [2.45, 2.75) is 13.3 Å². The quantitative estimate of drug-likeness (QED) is 0.667. The maximum absolute atomic E-state index is 13.2. The molecule has 0 saturated carbocycles. The van der Waals surface area contributed by atoms with Crippen molar-refractivity contribution in [3.63, 3.8) is 0 Å². The fraction of sp³-hybridized carbons (Fsp3) is 0.200. The molecule has 2 rings (SSSR count). The van der Waals surface area contributed by atoms with Crippen molar-refractivity contribution in [1.29, 1.82) is 0 Å². The third-order valence-corrected chi connectivity index (χ3v) is 3.17. The molecule has 0 nitrogen and oxygen atoms in total. The minimum Gasteiger partial charge on any atom is -0.207 e. The number of aryl methyl sites for hydroxylation is 1. The topological polar surface area (TPSA) is 0 Å². The van der Waals surface area contributed by atoms with E-state index < -0.39 is 12.2 Å². The van der Waals surface area contributed by atoms with E-state index in [0.717, 1.165) is 6.07 Å². The highest BCUT2D eigenvalue weighted by Crippen LogP contribution is 2.34. The summed E-state index contributed by atoms with van der Waals surface area (Å²) >= 11 is 1.22. The molecule has 1 aromatic carbocycles. The summed E-state index contributed by atoms with van der Waals surface area (Å²) in [4.78, 5) is 0. The van der Waals surface area contributed by atoms with Gasteiger partial charge in [0.1, 0.15) is 5.82 Å². The molecule has 14 heavy (non-hydrogen) atoms. The number of hydrogen-bond donors (Lipinski definition) is 0. The van der Waals surface area contributed by atoms with E-state index in [9.17, 15) is 13.2 Å². The molecule has 0 bridgehead atoms. The third-order valence-electron chi connectivity index (χ3n) is 2.21. The van der Waals surface area contributed by atoms with Crippen LogP contribution in [0.15, 0.2) is 17.5 Å². The normalized spacial score (nSPS) is 11.5. The van der Waals surface area contributed by atoms with Crippen molar-refractivity contribution in [3.8, 4) is 0 Å². The Morgan fingerprint density at radius 1 is 1.36 bits per heavy atom. The second kappa shape index (κ2) is 3.28. The summed E-state index contributed by atoms with van der Waals surface area (Å²) in [6.07, 6.45) is -2.62. The summed E-state index contributed by atoms with van der Waals surface area (Å²) in [7, 11) is 0. The average molecular weight is 216 g/mol. The van der Waals surface area contributed by atoms with Crippen molar-refractivity contribution in [2.24, 2.45) is 0 Å². The van der Waals surface area contributed by atoms with Crippen LogP contribution in [-0.2, 0) is 0 Å². The SMILES string of the molecule is Cc1c(F)cc(C(F)F)c2sccc12. The third kappa shape index (κ3) is 1.30. The Bertz CT molecular complexity index is 473. The van der Waals surface area contributed by atoms with Crippen molar-refractivity contribution in [1.82, 2.24) is 0 Å². The van der Waals surface area contributed by atoms with Gasteiger partial charge >= 0.3 is 0 Å². The van der Waals surface area contributed by atoms with Crippen molar-refractivity contribution < 1.29 is 13.2 Å². The van der Waals surface area contributed by atoms with Crippen LogP contribution in [0, 0.1) is 12.7 Å². The first-order valence-electron chi connectivity index (χ1n) is 4.05. The molecule has 4 heteroatoms. The van der Waals surface area contributed by atoms with Gasteiger partial charge in [-0.1, -0.05) is 0 Å². The predicted molar refractivity (Wildman–Crippen MR) is 51.5 cm³/mol. The van der Waals surface area contributed by atoms with Crippen LogP contribution in [0.4, 0.5) is 13.2 Å². The van der Waals surface area contributed by atoms with Crippen LogP contribution in [0.25, 0.3) is 10.1 Å². The van der Waals surface area contributed by atoms with Gasteiger partial charge in [0.25, 0.3) is 6.43 Å². The number of thiophene rings is 1. The van der Waals surface area contributed by atoms with Gasteiger partial charge in [-0.15, -0.1) is 11.3 Å². The van der Waals surface area contributed by atoms with Crippen LogP contribution < -0.4 is 0 Å². The first-order valence-corrected chi connectivity index (χ1v) is 4.93. The largest absolute Gasteiger partial charge is 0.265 e. The van der Waals surface area contributed by atoms with E-state index in [1.54, 1.807) is 18.4 Å². The zero-order valence-electron chi connectivity index (χ0n) is 7.35. The first kappa shape index (κ1) is 9.52. The molecule has 0 amide bonds. The van der Waals surface area contributed by atoms with E-state index >= 15 is 0 Å². The molecule has 0 aliphatic rings. The van der Waals surface area contributed by atoms with Gasteiger partial charge in [-0.2, -0.15) is 0 Å². The molecular formula is C10H7F3S. The van der Waals surface area contributed by atoms with E-state index in [4.69, 9.17) is 0 Å². The summed E-state index contributed by atoms with van der Waals surface area (Å²) in [5, 5.41) is 2.29. The maximum atomic E-state index is 13.2. The zero-order chi connectivity index (χ0) is 10.3. The lowest BCUT2D eigenvalue weighted by Crippen LogP contribution is -1.90. The molecule has 0 fully saturated rings. The molecule has 0 atom stereocenters. The second-order valence-electron chi connectivity index (χ2n) is 3.04. The number of benzene rings is 1. The van der Waals surface area contributed by atoms with Gasteiger partial charge in [0, 0.05) is 10.3 Å². The minimum atomic E-state index is -2.62. The monoisotopic (exact) mass is 216 g/mol. The van der Waals surface area contributed by atoms with E-state index in [2.05, 4.69) is 0 Å². The van der Waals surface area contributed by atoms with Crippen molar-refractivity contribution >= 4 is 21.4 Å². The van der Waals surface area contributed by atoms with Crippen LogP contribution in [-0.4, -0.2) is 0 Å². The van der Waals surface area contributed by atoms with Crippen LogP contribution in [0.3, 0.4) is 0 Å². The average Bonchev–Trinajstić information content (AvgIpc) is 2.59. The summed E-state index contributed by atoms with van der Waals surface area (Å²) in [5.41, 5.74) is 0.226. The molecule has 0 saturated heterocycles. The van der Waals surface area contributed by atoms with Crippen LogP contribution in [0.5, 0.6) is 0 Å². The Balaban J connectivity index is 2.84. The standard InChI is InChI=1S/C10H7F3S/c1-5-6-2-3-14-9(6)7(10(12)13)4-8(5)11/h2-4,10H,1H3. The lowest BCUT2D eigenvalue weighted by molar-refractivity contribution is 0.153. The fourth-order valence-corrected chi connectivity index (χ4v) is 2.40. The number of alkyl halides is 2. The lowest BCUT2D eigenvalue weighted by Gasteiger charge is -2.05. The predicted octanol–water partition coefficient (Wildman–Crippen LogP) is 4.29. The van der Waals surface area contributed by atoms with Gasteiger partial charge in [0.05, 0.1) is 0 Å². The molecule has 2 aromatic rings. The Labute approximate surface area is 83.0 Å². The van der Waals surface area contributed by atoms with Gasteiger partial charge in [-0.05, 0) is 35.4 Å². The molecular weight excluding hydrogens is 209 g/mol. The van der Waals surface area contributed by atoms with E-state index in [1.807, 2.05) is 0 Å². The first-order chi connectivity index (χ1) is 6.61. The number of fused-ring (bicyclic) bond motifs is 1. The van der Waals surface area contributed by atoms with Gasteiger partial charge in [0.15, 0.2) is 0 Å². The Morgan fingerprint density at radius 3 is 2.71 bits per heavy atom. The molecule has 0 N–H and O–H groups in total. The smallest absolute Gasteiger partial charge is 0.207 e.